The molecule has 3 aromatic rings. The fraction of sp³-hybridized carbons (Fsp3) is 0.424. The second-order valence-corrected chi connectivity index (χ2v) is 13.7. The molecule has 208 valence electrons. The molecule has 4 aliphatic rings. The van der Waals surface area contributed by atoms with Crippen LogP contribution in [0.15, 0.2) is 54.6 Å². The highest BCUT2D eigenvalue weighted by Gasteiger charge is 2.81. The minimum absolute atomic E-state index is 0.0231. The van der Waals surface area contributed by atoms with Crippen molar-refractivity contribution in [2.45, 2.75) is 57.8 Å². The third-order valence-corrected chi connectivity index (χ3v) is 11.1. The number of halogens is 2. The summed E-state index contributed by atoms with van der Waals surface area (Å²) in [6.45, 7) is 5.02. The van der Waals surface area contributed by atoms with E-state index in [-0.39, 0.29) is 22.4 Å². The van der Waals surface area contributed by atoms with E-state index in [2.05, 4.69) is 31.3 Å². The number of carboxylic acids is 1. The molecule has 1 spiro atoms. The molecule has 3 aromatic carbocycles. The van der Waals surface area contributed by atoms with Gasteiger partial charge in [0.15, 0.2) is 0 Å². The van der Waals surface area contributed by atoms with E-state index in [1.54, 1.807) is 18.2 Å². The van der Waals surface area contributed by atoms with Gasteiger partial charge in [-0.25, -0.2) is 9.18 Å². The Hall–Kier alpha value is -3.25. The van der Waals surface area contributed by atoms with Gasteiger partial charge in [0.1, 0.15) is 23.1 Å². The average molecular weight is 562 g/mol. The maximum Gasteiger partial charge on any atom is 0.337 e. The lowest BCUT2D eigenvalue weighted by Crippen LogP contribution is -2.61. The number of nitrogens with one attached hydrogen (secondary N) is 1. The first-order valence-electron chi connectivity index (χ1n) is 13.9. The predicted octanol–water partition coefficient (Wildman–Crippen LogP) is 8.97. The number of ether oxygens (including phenoxy) is 2. The van der Waals surface area contributed by atoms with Crippen molar-refractivity contribution in [1.29, 1.82) is 0 Å². The van der Waals surface area contributed by atoms with Crippen molar-refractivity contribution in [2.24, 2.45) is 22.2 Å². The van der Waals surface area contributed by atoms with E-state index >= 15 is 4.39 Å². The SMILES string of the molecule is COc1ccc(Nc2ccc(Oc3ccc(C45CC6(C)CC7CC(C)(C4)C5(C7)C6)cc3Cl)cc2F)c(C(=O)O)c1. The van der Waals surface area contributed by atoms with E-state index < -0.39 is 11.8 Å². The topological polar surface area (TPSA) is 67.8 Å². The van der Waals surface area contributed by atoms with Gasteiger partial charge < -0.3 is 19.9 Å². The first-order chi connectivity index (χ1) is 19.0. The summed E-state index contributed by atoms with van der Waals surface area (Å²) >= 11 is 6.80. The van der Waals surface area contributed by atoms with E-state index in [9.17, 15) is 9.90 Å². The molecule has 0 heterocycles. The monoisotopic (exact) mass is 561 g/mol. The summed E-state index contributed by atoms with van der Waals surface area (Å²) in [6, 6.07) is 15.2. The molecular weight excluding hydrogens is 529 g/mol. The highest BCUT2D eigenvalue weighted by atomic mass is 35.5. The van der Waals surface area contributed by atoms with Crippen LogP contribution in [0.4, 0.5) is 15.8 Å². The molecule has 0 saturated heterocycles. The molecule has 4 fully saturated rings. The number of aromatic carboxylic acids is 1. The maximum atomic E-state index is 15.1. The minimum atomic E-state index is -1.14. The van der Waals surface area contributed by atoms with Crippen LogP contribution >= 0.6 is 11.6 Å². The zero-order valence-electron chi connectivity index (χ0n) is 22.9. The Morgan fingerprint density at radius 2 is 1.75 bits per heavy atom. The number of rotatable bonds is 7. The smallest absolute Gasteiger partial charge is 0.337 e. The van der Waals surface area contributed by atoms with Gasteiger partial charge in [-0.15, -0.1) is 0 Å². The van der Waals surface area contributed by atoms with Crippen LogP contribution in [-0.2, 0) is 5.41 Å². The highest BCUT2D eigenvalue weighted by molar-refractivity contribution is 6.32. The lowest BCUT2D eigenvalue weighted by molar-refractivity contribution is -0.115. The fourth-order valence-corrected chi connectivity index (χ4v) is 10.0. The standard InChI is InChI=1S/C33H33ClFNO4/c1-30-13-19-14-31(2)18-32(16-30,33(31,15-19)17-30)20-4-9-28(24(34)10-20)40-22-6-8-27(25(35)12-22)36-26-7-5-21(39-3)11-23(26)29(37)38/h4-12,19,36H,13-18H2,1-3H3,(H,37,38). The van der Waals surface area contributed by atoms with Crippen LogP contribution in [0, 0.1) is 28.0 Å². The molecule has 2 N–H and O–H groups in total. The van der Waals surface area contributed by atoms with Crippen molar-refractivity contribution in [3.8, 4) is 17.2 Å². The molecule has 0 radical (unpaired) electrons. The average Bonchev–Trinajstić information content (AvgIpc) is 3.17. The molecule has 7 rings (SSSR count). The van der Waals surface area contributed by atoms with Gasteiger partial charge in [-0.2, -0.15) is 0 Å². The van der Waals surface area contributed by atoms with Crippen molar-refractivity contribution in [3.63, 3.8) is 0 Å². The Kier molecular flexibility index (Phi) is 5.39. The number of carbonyl (C=O) groups is 1. The Labute approximate surface area is 238 Å². The van der Waals surface area contributed by atoms with Crippen LogP contribution in [0.2, 0.25) is 5.02 Å². The molecule has 0 amide bonds. The van der Waals surface area contributed by atoms with Crippen molar-refractivity contribution in [2.75, 3.05) is 12.4 Å². The Balaban J connectivity index is 1.12. The van der Waals surface area contributed by atoms with Gasteiger partial charge >= 0.3 is 5.97 Å². The minimum Gasteiger partial charge on any atom is -0.497 e. The molecule has 4 saturated carbocycles. The van der Waals surface area contributed by atoms with E-state index in [0.29, 0.717) is 38.5 Å². The lowest BCUT2D eigenvalue weighted by atomic mass is 9.38. The normalized spacial score (nSPS) is 32.9. The van der Waals surface area contributed by atoms with Crippen LogP contribution < -0.4 is 14.8 Å². The quantitative estimate of drug-likeness (QED) is 0.301. The number of fused-ring (bicyclic) bond motifs is 2. The molecule has 7 heteroatoms. The fourth-order valence-electron chi connectivity index (χ4n) is 9.81. The predicted molar refractivity (Wildman–Crippen MR) is 153 cm³/mol. The number of hydrogen-bond donors (Lipinski definition) is 2. The summed E-state index contributed by atoms with van der Waals surface area (Å²) in [7, 11) is 1.46. The molecule has 5 nitrogen and oxygen atoms in total. The molecule has 40 heavy (non-hydrogen) atoms. The second-order valence-electron chi connectivity index (χ2n) is 13.3. The number of anilines is 2. The Bertz CT molecular complexity index is 1570. The van der Waals surface area contributed by atoms with Crippen LogP contribution in [0.3, 0.4) is 0 Å². The third-order valence-electron chi connectivity index (χ3n) is 10.8. The van der Waals surface area contributed by atoms with E-state index in [1.807, 2.05) is 6.07 Å². The summed E-state index contributed by atoms with van der Waals surface area (Å²) in [5.41, 5.74) is 3.13. The summed E-state index contributed by atoms with van der Waals surface area (Å²) in [5.74, 6) is 0.333. The zero-order valence-corrected chi connectivity index (χ0v) is 23.7. The van der Waals surface area contributed by atoms with Gasteiger partial charge in [0.25, 0.3) is 0 Å². The molecule has 3 bridgehead atoms. The number of carboxylic acid groups (broad SMARTS) is 1. The van der Waals surface area contributed by atoms with E-state index in [1.165, 1.54) is 69.4 Å². The van der Waals surface area contributed by atoms with Gasteiger partial charge in [0, 0.05) is 11.5 Å². The molecular formula is C33H33ClFNO4. The first-order valence-corrected chi connectivity index (χ1v) is 14.3. The molecule has 0 aromatic heterocycles. The lowest BCUT2D eigenvalue weighted by Gasteiger charge is -2.66. The van der Waals surface area contributed by atoms with Crippen LogP contribution in [0.5, 0.6) is 17.2 Å². The van der Waals surface area contributed by atoms with Gasteiger partial charge in [-0.3, -0.25) is 0 Å². The summed E-state index contributed by atoms with van der Waals surface area (Å²) in [6.07, 6.45) is 7.87. The van der Waals surface area contributed by atoms with Crippen LogP contribution in [0.25, 0.3) is 0 Å². The number of hydrogen-bond acceptors (Lipinski definition) is 4. The Morgan fingerprint density at radius 3 is 2.48 bits per heavy atom. The second kappa shape index (κ2) is 8.39. The van der Waals surface area contributed by atoms with E-state index in [0.717, 1.165) is 5.92 Å². The molecule has 5 unspecified atom stereocenters. The Morgan fingerprint density at radius 1 is 0.975 bits per heavy atom. The third kappa shape index (κ3) is 3.47. The zero-order chi connectivity index (χ0) is 28.1. The van der Waals surface area contributed by atoms with Gasteiger partial charge in [-0.1, -0.05) is 31.5 Å². The summed E-state index contributed by atoms with van der Waals surface area (Å²) < 4.78 is 26.2. The van der Waals surface area contributed by atoms with Crippen LogP contribution in [-0.4, -0.2) is 18.2 Å². The molecule has 4 aliphatic carbocycles. The van der Waals surface area contributed by atoms with Crippen molar-refractivity contribution in [3.05, 3.63) is 76.6 Å². The van der Waals surface area contributed by atoms with Crippen molar-refractivity contribution in [1.82, 2.24) is 0 Å². The number of benzene rings is 3. The van der Waals surface area contributed by atoms with Crippen LogP contribution in [0.1, 0.15) is 68.3 Å². The van der Waals surface area contributed by atoms with Gasteiger partial charge in [0.2, 0.25) is 0 Å². The largest absolute Gasteiger partial charge is 0.497 e. The van der Waals surface area contributed by atoms with E-state index in [4.69, 9.17) is 21.1 Å². The molecule has 0 aliphatic heterocycles. The summed E-state index contributed by atoms with van der Waals surface area (Å²) in [4.78, 5) is 11.7. The van der Waals surface area contributed by atoms with Gasteiger partial charge in [0.05, 0.1) is 29.1 Å². The highest BCUT2D eigenvalue weighted by Crippen LogP contribution is 2.88. The summed E-state index contributed by atoms with van der Waals surface area (Å²) in [5, 5.41) is 13.0. The first kappa shape index (κ1) is 25.7. The van der Waals surface area contributed by atoms with Crippen molar-refractivity contribution < 1.29 is 23.8 Å². The molecule has 5 atom stereocenters. The van der Waals surface area contributed by atoms with Crippen molar-refractivity contribution >= 4 is 28.9 Å². The number of methoxy groups -OCH3 is 1. The maximum absolute atomic E-state index is 15.1. The van der Waals surface area contributed by atoms with Gasteiger partial charge in [-0.05, 0) is 109 Å².